The van der Waals surface area contributed by atoms with E-state index in [2.05, 4.69) is 0 Å². The summed E-state index contributed by atoms with van der Waals surface area (Å²) in [4.78, 5) is 18.9. The third-order valence-electron chi connectivity index (χ3n) is 2.11. The van der Waals surface area contributed by atoms with Crippen molar-refractivity contribution in [2.75, 3.05) is 6.61 Å². The molecule has 17 heavy (non-hydrogen) atoms. The molecular weight excluding hydrogens is 228 g/mol. The van der Waals surface area contributed by atoms with Crippen molar-refractivity contribution in [3.8, 4) is 5.75 Å². The molecule has 7 heteroatoms. The molecule has 1 aromatic rings. The molecule has 0 saturated heterocycles. The normalized spacial score (nSPS) is 10.2. The number of benzene rings is 1. The Labute approximate surface area is 97.3 Å². The molecule has 0 heterocycles. The van der Waals surface area contributed by atoms with Gasteiger partial charge in [0, 0.05) is 0 Å². The van der Waals surface area contributed by atoms with Crippen molar-refractivity contribution in [1.82, 2.24) is 0 Å². The van der Waals surface area contributed by atoms with Crippen molar-refractivity contribution in [3.05, 3.63) is 50.6 Å². The molecule has 0 aliphatic heterocycles. The van der Waals surface area contributed by atoms with Crippen molar-refractivity contribution < 1.29 is 14.6 Å². The van der Waals surface area contributed by atoms with Crippen molar-refractivity contribution in [2.24, 2.45) is 0 Å². The maximum atomic E-state index is 10.3. The fraction of sp³-hybridized carbons (Fsp3) is 0.400. The van der Waals surface area contributed by atoms with Crippen LogP contribution in [0.5, 0.6) is 5.75 Å². The zero-order chi connectivity index (χ0) is 12.7. The highest BCUT2D eigenvalue weighted by Gasteiger charge is 2.30. The molecule has 1 rings (SSSR count). The molecule has 0 fully saturated rings. The summed E-state index contributed by atoms with van der Waals surface area (Å²) < 4.78 is 5.27. The zero-order valence-electron chi connectivity index (χ0n) is 9.02. The van der Waals surface area contributed by atoms with Gasteiger partial charge in [-0.1, -0.05) is 18.2 Å². The second kappa shape index (κ2) is 6.41. The van der Waals surface area contributed by atoms with Gasteiger partial charge in [-0.15, -0.1) is 0 Å². The van der Waals surface area contributed by atoms with Gasteiger partial charge in [-0.3, -0.25) is 20.2 Å². The Balaban J connectivity index is 2.28. The van der Waals surface area contributed by atoms with E-state index >= 15 is 0 Å². The maximum absolute atomic E-state index is 10.3. The van der Waals surface area contributed by atoms with Gasteiger partial charge in [0.1, 0.15) is 5.75 Å². The standard InChI is InChI=1S/C10H12N2O5/c13-11(14)10(12(15)16)7-4-8-17-9-5-2-1-3-6-9/h1-3,5-6,10H,4,7-8H2. The molecule has 0 unspecified atom stereocenters. The van der Waals surface area contributed by atoms with Crippen LogP contribution in [0.15, 0.2) is 30.3 Å². The first-order valence-electron chi connectivity index (χ1n) is 5.06. The van der Waals surface area contributed by atoms with Crippen LogP contribution in [0.1, 0.15) is 12.8 Å². The lowest BCUT2D eigenvalue weighted by Gasteiger charge is -2.05. The van der Waals surface area contributed by atoms with Gasteiger partial charge in [0.2, 0.25) is 0 Å². The van der Waals surface area contributed by atoms with Gasteiger partial charge >= 0.3 is 6.17 Å². The van der Waals surface area contributed by atoms with E-state index in [1.807, 2.05) is 6.07 Å². The molecule has 0 saturated carbocycles. The van der Waals surface area contributed by atoms with Gasteiger partial charge in [-0.05, 0) is 18.6 Å². The third kappa shape index (κ3) is 4.45. The van der Waals surface area contributed by atoms with E-state index in [4.69, 9.17) is 4.74 Å². The summed E-state index contributed by atoms with van der Waals surface area (Å²) >= 11 is 0. The molecule has 0 aromatic heterocycles. The first-order valence-corrected chi connectivity index (χ1v) is 5.06. The molecule has 1 aromatic carbocycles. The van der Waals surface area contributed by atoms with Gasteiger partial charge < -0.3 is 4.74 Å². The van der Waals surface area contributed by atoms with E-state index in [1.54, 1.807) is 24.3 Å². The highest BCUT2D eigenvalue weighted by Crippen LogP contribution is 2.10. The maximum Gasteiger partial charge on any atom is 0.450 e. The fourth-order valence-electron chi connectivity index (χ4n) is 1.26. The lowest BCUT2D eigenvalue weighted by atomic mass is 10.3. The van der Waals surface area contributed by atoms with E-state index in [9.17, 15) is 20.2 Å². The molecule has 0 atom stereocenters. The Kier molecular flexibility index (Phi) is 4.86. The van der Waals surface area contributed by atoms with Crippen molar-refractivity contribution in [2.45, 2.75) is 19.0 Å². The van der Waals surface area contributed by atoms with Gasteiger partial charge in [0.15, 0.2) is 0 Å². The molecular formula is C10H12N2O5. The Morgan fingerprint density at radius 3 is 2.24 bits per heavy atom. The monoisotopic (exact) mass is 240 g/mol. The predicted molar refractivity (Wildman–Crippen MR) is 58.9 cm³/mol. The molecule has 0 N–H and O–H groups in total. The summed E-state index contributed by atoms with van der Waals surface area (Å²) in [6.07, 6.45) is -1.61. The lowest BCUT2D eigenvalue weighted by molar-refractivity contribution is -0.743. The molecule has 7 nitrogen and oxygen atoms in total. The summed E-state index contributed by atoms with van der Waals surface area (Å²) in [5, 5.41) is 20.7. The minimum absolute atomic E-state index is 0.132. The highest BCUT2D eigenvalue weighted by molar-refractivity contribution is 5.20. The van der Waals surface area contributed by atoms with Crippen LogP contribution in [-0.4, -0.2) is 22.6 Å². The third-order valence-corrected chi connectivity index (χ3v) is 2.11. The summed E-state index contributed by atoms with van der Waals surface area (Å²) in [5.41, 5.74) is 0. The zero-order valence-corrected chi connectivity index (χ0v) is 9.02. The average molecular weight is 240 g/mol. The van der Waals surface area contributed by atoms with Crippen LogP contribution in [-0.2, 0) is 0 Å². The molecule has 0 aliphatic carbocycles. The molecule has 0 spiro atoms. The lowest BCUT2D eigenvalue weighted by Crippen LogP contribution is -2.29. The summed E-state index contributed by atoms with van der Waals surface area (Å²) in [5.74, 6) is 0.645. The van der Waals surface area contributed by atoms with E-state index in [0.29, 0.717) is 5.75 Å². The van der Waals surface area contributed by atoms with Crippen LogP contribution in [0.25, 0.3) is 0 Å². The quantitative estimate of drug-likeness (QED) is 0.313. The first kappa shape index (κ1) is 12.9. The van der Waals surface area contributed by atoms with Crippen LogP contribution in [0, 0.1) is 20.2 Å². The molecule has 92 valence electrons. The topological polar surface area (TPSA) is 95.5 Å². The van der Waals surface area contributed by atoms with Crippen LogP contribution in [0.3, 0.4) is 0 Å². The van der Waals surface area contributed by atoms with E-state index < -0.39 is 16.0 Å². The van der Waals surface area contributed by atoms with Crippen LogP contribution >= 0.6 is 0 Å². The average Bonchev–Trinajstić information content (AvgIpc) is 2.29. The Morgan fingerprint density at radius 2 is 1.71 bits per heavy atom. The van der Waals surface area contributed by atoms with Crippen LogP contribution in [0.2, 0.25) is 0 Å². The Bertz CT molecular complexity index is 368. The minimum atomic E-state index is -1.74. The number of para-hydroxylation sites is 1. The SMILES string of the molecule is O=[N+]([O-])C(CCCOc1ccccc1)[N+](=O)[O-]. The van der Waals surface area contributed by atoms with Gasteiger partial charge in [-0.2, -0.15) is 0 Å². The fourth-order valence-corrected chi connectivity index (χ4v) is 1.26. The first-order chi connectivity index (χ1) is 8.11. The van der Waals surface area contributed by atoms with Crippen LogP contribution in [0.4, 0.5) is 0 Å². The van der Waals surface area contributed by atoms with E-state index in [1.165, 1.54) is 0 Å². The number of hydrogen-bond donors (Lipinski definition) is 0. The second-order valence-electron chi connectivity index (χ2n) is 3.36. The van der Waals surface area contributed by atoms with Crippen molar-refractivity contribution in [1.29, 1.82) is 0 Å². The van der Waals surface area contributed by atoms with Gasteiger partial charge in [0.25, 0.3) is 0 Å². The molecule has 0 radical (unpaired) electrons. The molecule has 0 bridgehead atoms. The van der Waals surface area contributed by atoms with Gasteiger partial charge in [0.05, 0.1) is 22.9 Å². The summed E-state index contributed by atoms with van der Waals surface area (Å²) in [6, 6.07) is 8.93. The predicted octanol–water partition coefficient (Wildman–Crippen LogP) is 1.73. The number of ether oxygens (including phenoxy) is 1. The number of nitro groups is 2. The highest BCUT2D eigenvalue weighted by atomic mass is 16.7. The largest absolute Gasteiger partial charge is 0.494 e. The van der Waals surface area contributed by atoms with Gasteiger partial charge in [-0.25, -0.2) is 0 Å². The smallest absolute Gasteiger partial charge is 0.450 e. The van der Waals surface area contributed by atoms with Crippen LogP contribution < -0.4 is 4.74 Å². The Morgan fingerprint density at radius 1 is 1.12 bits per heavy atom. The number of rotatable bonds is 7. The number of hydrogen-bond acceptors (Lipinski definition) is 5. The van der Waals surface area contributed by atoms with E-state index in [-0.39, 0.29) is 19.4 Å². The van der Waals surface area contributed by atoms with E-state index in [0.717, 1.165) is 0 Å². The number of nitrogens with zero attached hydrogens (tertiary/aromatic N) is 2. The Hall–Kier alpha value is -2.18. The van der Waals surface area contributed by atoms with Crippen molar-refractivity contribution >= 4 is 0 Å². The summed E-state index contributed by atoms with van der Waals surface area (Å²) in [6.45, 7) is 0.224. The minimum Gasteiger partial charge on any atom is -0.494 e. The molecule has 0 amide bonds. The molecule has 0 aliphatic rings. The second-order valence-corrected chi connectivity index (χ2v) is 3.36. The van der Waals surface area contributed by atoms with Crippen molar-refractivity contribution in [3.63, 3.8) is 0 Å². The summed E-state index contributed by atoms with van der Waals surface area (Å²) in [7, 11) is 0.